The summed E-state index contributed by atoms with van der Waals surface area (Å²) in [5, 5.41) is 8.93. The van der Waals surface area contributed by atoms with E-state index in [2.05, 4.69) is 10.8 Å². The molecule has 4 heteroatoms. The molecular formula is C10H20N2OS. The highest BCUT2D eigenvalue weighted by Gasteiger charge is 2.29. The molecule has 14 heavy (non-hydrogen) atoms. The lowest BCUT2D eigenvalue weighted by Gasteiger charge is -2.28. The number of nitrogens with one attached hydrogen (secondary N) is 1. The molecule has 0 aromatic carbocycles. The SMILES string of the molecule is CC(C)(C)[C@H](C#N)N[S@@](=O)C(C)(C)C. The van der Waals surface area contributed by atoms with Gasteiger partial charge in [-0.3, -0.25) is 0 Å². The quantitative estimate of drug-likeness (QED) is 0.767. The van der Waals surface area contributed by atoms with Crippen LogP contribution in [0.4, 0.5) is 0 Å². The van der Waals surface area contributed by atoms with Gasteiger partial charge < -0.3 is 0 Å². The van der Waals surface area contributed by atoms with Gasteiger partial charge in [0.1, 0.15) is 6.04 Å². The summed E-state index contributed by atoms with van der Waals surface area (Å²) in [5.74, 6) is 0. The van der Waals surface area contributed by atoms with Gasteiger partial charge in [-0.2, -0.15) is 5.26 Å². The Morgan fingerprint density at radius 3 is 1.86 bits per heavy atom. The van der Waals surface area contributed by atoms with Gasteiger partial charge in [0.2, 0.25) is 0 Å². The van der Waals surface area contributed by atoms with Gasteiger partial charge in [-0.1, -0.05) is 20.8 Å². The van der Waals surface area contributed by atoms with E-state index in [4.69, 9.17) is 5.26 Å². The third kappa shape index (κ3) is 4.21. The average Bonchev–Trinajstić information content (AvgIpc) is 1.95. The van der Waals surface area contributed by atoms with E-state index in [0.29, 0.717) is 0 Å². The van der Waals surface area contributed by atoms with E-state index in [9.17, 15) is 4.21 Å². The number of hydrogen-bond donors (Lipinski definition) is 1. The summed E-state index contributed by atoms with van der Waals surface area (Å²) in [6, 6.07) is 1.75. The van der Waals surface area contributed by atoms with E-state index in [1.165, 1.54) is 0 Å². The van der Waals surface area contributed by atoms with Crippen molar-refractivity contribution in [3.8, 4) is 6.07 Å². The Morgan fingerprint density at radius 2 is 1.64 bits per heavy atom. The molecule has 3 nitrogen and oxygen atoms in total. The summed E-state index contributed by atoms with van der Waals surface area (Å²) in [6.07, 6.45) is 0. The fourth-order valence-electron chi connectivity index (χ4n) is 0.681. The lowest BCUT2D eigenvalue weighted by molar-refractivity contribution is 0.353. The van der Waals surface area contributed by atoms with Crippen LogP contribution in [0.25, 0.3) is 0 Å². The lowest BCUT2D eigenvalue weighted by Crippen LogP contribution is -2.45. The molecule has 0 bridgehead atoms. The van der Waals surface area contributed by atoms with Crippen LogP contribution < -0.4 is 4.72 Å². The van der Waals surface area contributed by atoms with Gasteiger partial charge in [0, 0.05) is 0 Å². The maximum absolute atomic E-state index is 11.7. The van der Waals surface area contributed by atoms with Gasteiger partial charge in [0.05, 0.1) is 21.8 Å². The molecule has 0 unspecified atom stereocenters. The zero-order chi connectivity index (χ0) is 11.6. The minimum Gasteiger partial charge on any atom is -0.242 e. The van der Waals surface area contributed by atoms with E-state index in [-0.39, 0.29) is 16.2 Å². The van der Waals surface area contributed by atoms with E-state index < -0.39 is 11.0 Å². The van der Waals surface area contributed by atoms with Crippen molar-refractivity contribution in [3.63, 3.8) is 0 Å². The molecule has 0 radical (unpaired) electrons. The smallest absolute Gasteiger partial charge is 0.111 e. The molecule has 82 valence electrons. The van der Waals surface area contributed by atoms with Crippen molar-refractivity contribution in [1.29, 1.82) is 5.26 Å². The molecule has 2 atom stereocenters. The van der Waals surface area contributed by atoms with Crippen LogP contribution >= 0.6 is 0 Å². The largest absolute Gasteiger partial charge is 0.242 e. The van der Waals surface area contributed by atoms with Crippen molar-refractivity contribution in [2.24, 2.45) is 5.41 Å². The van der Waals surface area contributed by atoms with Gasteiger partial charge in [-0.05, 0) is 26.2 Å². The molecule has 0 fully saturated rings. The van der Waals surface area contributed by atoms with Crippen LogP contribution in [0.15, 0.2) is 0 Å². The van der Waals surface area contributed by atoms with Gasteiger partial charge in [0.25, 0.3) is 0 Å². The van der Waals surface area contributed by atoms with Crippen LogP contribution in [0.2, 0.25) is 0 Å². The van der Waals surface area contributed by atoms with E-state index in [1.807, 2.05) is 41.5 Å². The Hall–Kier alpha value is -0.400. The van der Waals surface area contributed by atoms with Crippen molar-refractivity contribution in [2.45, 2.75) is 52.3 Å². The van der Waals surface area contributed by atoms with Crippen LogP contribution in [-0.4, -0.2) is 15.0 Å². The highest BCUT2D eigenvalue weighted by Crippen LogP contribution is 2.20. The molecule has 0 spiro atoms. The molecule has 0 aliphatic heterocycles. The molecule has 0 heterocycles. The highest BCUT2D eigenvalue weighted by atomic mass is 32.2. The van der Waals surface area contributed by atoms with Crippen molar-refractivity contribution in [1.82, 2.24) is 4.72 Å². The third-order valence-electron chi connectivity index (χ3n) is 1.78. The second kappa shape index (κ2) is 4.41. The van der Waals surface area contributed by atoms with Crippen LogP contribution in [0.1, 0.15) is 41.5 Å². The predicted octanol–water partition coefficient (Wildman–Crippen LogP) is 1.98. The van der Waals surface area contributed by atoms with Crippen molar-refractivity contribution in [3.05, 3.63) is 0 Å². The van der Waals surface area contributed by atoms with Gasteiger partial charge >= 0.3 is 0 Å². The van der Waals surface area contributed by atoms with Crippen molar-refractivity contribution >= 4 is 11.0 Å². The molecule has 0 rings (SSSR count). The van der Waals surface area contributed by atoms with Crippen LogP contribution in [0, 0.1) is 16.7 Å². The Morgan fingerprint density at radius 1 is 1.21 bits per heavy atom. The summed E-state index contributed by atoms with van der Waals surface area (Å²) in [6.45, 7) is 11.5. The summed E-state index contributed by atoms with van der Waals surface area (Å²) < 4.78 is 14.3. The van der Waals surface area contributed by atoms with E-state index in [0.717, 1.165) is 0 Å². The number of nitriles is 1. The first kappa shape index (κ1) is 13.6. The summed E-state index contributed by atoms with van der Waals surface area (Å²) >= 11 is 0. The summed E-state index contributed by atoms with van der Waals surface area (Å²) in [4.78, 5) is 0. The van der Waals surface area contributed by atoms with Crippen molar-refractivity contribution < 1.29 is 4.21 Å². The Kier molecular flexibility index (Phi) is 4.29. The first-order valence-corrected chi connectivity index (χ1v) is 5.81. The zero-order valence-electron chi connectivity index (χ0n) is 9.84. The molecule has 0 saturated heterocycles. The van der Waals surface area contributed by atoms with E-state index >= 15 is 0 Å². The third-order valence-corrected chi connectivity index (χ3v) is 3.34. The molecule has 0 aliphatic rings. The zero-order valence-corrected chi connectivity index (χ0v) is 10.7. The minimum absolute atomic E-state index is 0.199. The maximum atomic E-state index is 11.7. The standard InChI is InChI=1S/C10H20N2OS/c1-9(2,3)8(7-11)12-14(13)10(4,5)6/h8,12H,1-6H3/t8-,14-/m0/s1. The van der Waals surface area contributed by atoms with Gasteiger partial charge in [0.15, 0.2) is 0 Å². The molecule has 1 N–H and O–H groups in total. The average molecular weight is 216 g/mol. The van der Waals surface area contributed by atoms with Gasteiger partial charge in [-0.25, -0.2) is 8.93 Å². The Labute approximate surface area is 89.5 Å². The highest BCUT2D eigenvalue weighted by molar-refractivity contribution is 7.84. The van der Waals surface area contributed by atoms with Crippen LogP contribution in [-0.2, 0) is 11.0 Å². The topological polar surface area (TPSA) is 52.9 Å². The monoisotopic (exact) mass is 216 g/mol. The Bertz CT molecular complexity index is 255. The normalized spacial score (nSPS) is 17.2. The number of rotatable bonds is 2. The second-order valence-electron chi connectivity index (χ2n) is 5.43. The molecule has 0 aromatic heterocycles. The molecule has 0 amide bonds. The van der Waals surface area contributed by atoms with Crippen molar-refractivity contribution in [2.75, 3.05) is 0 Å². The van der Waals surface area contributed by atoms with E-state index in [1.54, 1.807) is 0 Å². The van der Waals surface area contributed by atoms with Crippen LogP contribution in [0.3, 0.4) is 0 Å². The fraction of sp³-hybridized carbons (Fsp3) is 0.900. The molecular weight excluding hydrogens is 196 g/mol. The lowest BCUT2D eigenvalue weighted by atomic mass is 9.88. The first-order valence-electron chi connectivity index (χ1n) is 4.66. The minimum atomic E-state index is -1.19. The first-order chi connectivity index (χ1) is 6.09. The predicted molar refractivity (Wildman–Crippen MR) is 59.9 cm³/mol. The molecule has 0 aliphatic carbocycles. The number of nitrogens with zero attached hydrogens (tertiary/aromatic N) is 1. The fourth-order valence-corrected chi connectivity index (χ4v) is 1.65. The Balaban J connectivity index is 4.53. The summed E-state index contributed by atoms with van der Waals surface area (Å²) in [7, 11) is -1.19. The van der Waals surface area contributed by atoms with Crippen LogP contribution in [0.5, 0.6) is 0 Å². The maximum Gasteiger partial charge on any atom is 0.111 e. The molecule has 0 saturated carbocycles. The molecule has 0 aromatic rings. The van der Waals surface area contributed by atoms with Gasteiger partial charge in [-0.15, -0.1) is 0 Å². The second-order valence-corrected chi connectivity index (χ2v) is 7.42. The summed E-state index contributed by atoms with van der Waals surface area (Å²) in [5.41, 5.74) is -0.199. The number of hydrogen-bond acceptors (Lipinski definition) is 2.